The Bertz CT molecular complexity index is 323. The predicted molar refractivity (Wildman–Crippen MR) is 49.1 cm³/mol. The Morgan fingerprint density at radius 2 is 2.27 bits per heavy atom. The molecule has 2 amide bonds. The lowest BCUT2D eigenvalue weighted by molar-refractivity contribution is -0.135. The third-order valence-corrected chi connectivity index (χ3v) is 1.51. The fourth-order valence-corrected chi connectivity index (χ4v) is 0.864. The highest BCUT2D eigenvalue weighted by Gasteiger charge is 2.02. The van der Waals surface area contributed by atoms with Crippen LogP contribution >= 0.6 is 0 Å². The van der Waals surface area contributed by atoms with Crippen molar-refractivity contribution < 1.29 is 14.7 Å². The Labute approximate surface area is 85.1 Å². The van der Waals surface area contributed by atoms with Gasteiger partial charge in [-0.25, -0.2) is 9.78 Å². The van der Waals surface area contributed by atoms with Gasteiger partial charge in [-0.15, -0.1) is 0 Å². The van der Waals surface area contributed by atoms with E-state index in [2.05, 4.69) is 25.8 Å². The van der Waals surface area contributed by atoms with Crippen LogP contribution in [0.2, 0.25) is 0 Å². The largest absolute Gasteiger partial charge is 0.480 e. The molecule has 1 heterocycles. The van der Waals surface area contributed by atoms with E-state index in [1.165, 1.54) is 6.33 Å². The number of carbonyl (C=O) groups excluding carboxylic acids is 1. The van der Waals surface area contributed by atoms with Crippen molar-refractivity contribution in [1.29, 1.82) is 0 Å². The number of rotatable bonds is 5. The number of carboxylic acids is 1. The lowest BCUT2D eigenvalue weighted by Gasteiger charge is -2.03. The highest BCUT2D eigenvalue weighted by Crippen LogP contribution is 1.84. The highest BCUT2D eigenvalue weighted by atomic mass is 16.4. The van der Waals surface area contributed by atoms with Crippen LogP contribution in [0.3, 0.4) is 0 Å². The van der Waals surface area contributed by atoms with Crippen molar-refractivity contribution in [3.63, 3.8) is 0 Å². The molecule has 0 saturated heterocycles. The van der Waals surface area contributed by atoms with Crippen molar-refractivity contribution in [1.82, 2.24) is 25.8 Å². The molecule has 1 aromatic heterocycles. The van der Waals surface area contributed by atoms with Gasteiger partial charge in [0.2, 0.25) is 0 Å². The van der Waals surface area contributed by atoms with Crippen LogP contribution in [-0.4, -0.2) is 45.4 Å². The highest BCUT2D eigenvalue weighted by molar-refractivity contribution is 5.79. The van der Waals surface area contributed by atoms with Gasteiger partial charge >= 0.3 is 12.0 Å². The number of hydrogen-bond acceptors (Lipinski definition) is 4. The monoisotopic (exact) mass is 213 g/mol. The maximum Gasteiger partial charge on any atom is 0.323 e. The second-order valence-corrected chi connectivity index (χ2v) is 2.69. The van der Waals surface area contributed by atoms with E-state index in [0.717, 1.165) is 0 Å². The van der Waals surface area contributed by atoms with E-state index in [4.69, 9.17) is 5.11 Å². The van der Waals surface area contributed by atoms with Gasteiger partial charge in [-0.1, -0.05) is 0 Å². The first-order valence-electron chi connectivity index (χ1n) is 4.26. The third kappa shape index (κ3) is 4.60. The van der Waals surface area contributed by atoms with E-state index in [1.54, 1.807) is 0 Å². The second kappa shape index (κ2) is 5.58. The number of carboxylic acid groups (broad SMARTS) is 1. The van der Waals surface area contributed by atoms with Gasteiger partial charge < -0.3 is 15.7 Å². The molecule has 82 valence electrons. The van der Waals surface area contributed by atoms with E-state index in [0.29, 0.717) is 18.8 Å². The maximum absolute atomic E-state index is 10.9. The fourth-order valence-electron chi connectivity index (χ4n) is 0.864. The lowest BCUT2D eigenvalue weighted by Crippen LogP contribution is -2.39. The van der Waals surface area contributed by atoms with Crippen LogP contribution in [0.15, 0.2) is 6.33 Å². The lowest BCUT2D eigenvalue weighted by atomic mass is 10.4. The van der Waals surface area contributed by atoms with Gasteiger partial charge in [-0.3, -0.25) is 9.89 Å². The molecular weight excluding hydrogens is 202 g/mol. The molecule has 8 nitrogen and oxygen atoms in total. The molecule has 0 aliphatic heterocycles. The summed E-state index contributed by atoms with van der Waals surface area (Å²) in [5.41, 5.74) is 0. The molecule has 0 aromatic carbocycles. The topological polar surface area (TPSA) is 120 Å². The summed E-state index contributed by atoms with van der Waals surface area (Å²) in [6.07, 6.45) is 1.89. The molecule has 4 N–H and O–H groups in total. The molecule has 0 saturated carbocycles. The molecule has 0 radical (unpaired) electrons. The first-order valence-corrected chi connectivity index (χ1v) is 4.26. The molecule has 0 unspecified atom stereocenters. The van der Waals surface area contributed by atoms with E-state index in [1.807, 2.05) is 0 Å². The maximum atomic E-state index is 10.9. The molecule has 15 heavy (non-hydrogen) atoms. The summed E-state index contributed by atoms with van der Waals surface area (Å²) in [6.45, 7) is -0.0329. The predicted octanol–water partition coefficient (Wildman–Crippen LogP) is -1.27. The zero-order chi connectivity index (χ0) is 11.1. The fraction of sp³-hybridized carbons (Fsp3) is 0.429. The summed E-state index contributed by atoms with van der Waals surface area (Å²) in [4.78, 5) is 24.9. The molecule has 0 aliphatic carbocycles. The van der Waals surface area contributed by atoms with E-state index in [9.17, 15) is 9.59 Å². The van der Waals surface area contributed by atoms with Crippen LogP contribution in [0.5, 0.6) is 0 Å². The Morgan fingerprint density at radius 1 is 1.47 bits per heavy atom. The van der Waals surface area contributed by atoms with Crippen molar-refractivity contribution in [2.24, 2.45) is 0 Å². The van der Waals surface area contributed by atoms with E-state index >= 15 is 0 Å². The summed E-state index contributed by atoms with van der Waals surface area (Å²) in [7, 11) is 0. The molecule has 0 atom stereocenters. The van der Waals surface area contributed by atoms with Crippen LogP contribution < -0.4 is 10.6 Å². The van der Waals surface area contributed by atoms with Gasteiger partial charge in [-0.05, 0) is 0 Å². The normalized spacial score (nSPS) is 9.60. The number of urea groups is 1. The van der Waals surface area contributed by atoms with Gasteiger partial charge in [0.25, 0.3) is 0 Å². The molecule has 1 aromatic rings. The average Bonchev–Trinajstić information content (AvgIpc) is 2.67. The number of nitrogens with one attached hydrogen (secondary N) is 3. The number of aliphatic carboxylic acids is 1. The number of aromatic nitrogens is 3. The van der Waals surface area contributed by atoms with E-state index in [-0.39, 0.29) is 0 Å². The SMILES string of the molecule is O=C(O)CNC(=O)NCCc1ncn[nH]1. The van der Waals surface area contributed by atoms with Crippen molar-refractivity contribution in [3.05, 3.63) is 12.2 Å². The summed E-state index contributed by atoms with van der Waals surface area (Å²) in [5.74, 6) is -0.422. The van der Waals surface area contributed by atoms with E-state index < -0.39 is 18.5 Å². The standard InChI is InChI=1S/C7H11N5O3/c13-6(14)3-9-7(15)8-2-1-5-10-4-11-12-5/h4H,1-3H2,(H,13,14)(H2,8,9,15)(H,10,11,12). The van der Waals surface area contributed by atoms with Crippen LogP contribution in [-0.2, 0) is 11.2 Å². The number of nitrogens with zero attached hydrogens (tertiary/aromatic N) is 2. The minimum Gasteiger partial charge on any atom is -0.480 e. The number of hydrogen-bond donors (Lipinski definition) is 4. The van der Waals surface area contributed by atoms with Gasteiger partial charge in [0, 0.05) is 13.0 Å². The molecule has 0 fully saturated rings. The quantitative estimate of drug-likeness (QED) is 0.486. The van der Waals surface area contributed by atoms with Crippen LogP contribution in [0.4, 0.5) is 4.79 Å². The summed E-state index contributed by atoms with van der Waals surface area (Å²) in [5, 5.41) is 19.2. The number of aromatic amines is 1. The molecule has 0 bridgehead atoms. The Hall–Kier alpha value is -2.12. The first-order chi connectivity index (χ1) is 7.18. The summed E-state index contributed by atoms with van der Waals surface area (Å²) in [6, 6.07) is -0.517. The van der Waals surface area contributed by atoms with Gasteiger partial charge in [0.1, 0.15) is 18.7 Å². The smallest absolute Gasteiger partial charge is 0.323 e. The summed E-state index contributed by atoms with van der Waals surface area (Å²) < 4.78 is 0. The van der Waals surface area contributed by atoms with Crippen molar-refractivity contribution >= 4 is 12.0 Å². The molecular formula is C7H11N5O3. The Morgan fingerprint density at radius 3 is 2.87 bits per heavy atom. The number of H-pyrrole nitrogens is 1. The van der Waals surface area contributed by atoms with Crippen LogP contribution in [0, 0.1) is 0 Å². The zero-order valence-corrected chi connectivity index (χ0v) is 7.86. The molecule has 1 rings (SSSR count). The zero-order valence-electron chi connectivity index (χ0n) is 7.86. The van der Waals surface area contributed by atoms with Gasteiger partial charge in [0.15, 0.2) is 0 Å². The third-order valence-electron chi connectivity index (χ3n) is 1.51. The minimum absolute atomic E-state index is 0.362. The molecule has 0 aliphatic rings. The second-order valence-electron chi connectivity index (χ2n) is 2.69. The minimum atomic E-state index is -1.08. The Balaban J connectivity index is 2.09. The van der Waals surface area contributed by atoms with Crippen LogP contribution in [0.1, 0.15) is 5.82 Å². The Kier molecular flexibility index (Phi) is 4.07. The number of carbonyl (C=O) groups is 2. The molecule has 8 heteroatoms. The van der Waals surface area contributed by atoms with Crippen molar-refractivity contribution in [2.45, 2.75) is 6.42 Å². The van der Waals surface area contributed by atoms with Crippen molar-refractivity contribution in [2.75, 3.05) is 13.1 Å². The number of amides is 2. The average molecular weight is 213 g/mol. The van der Waals surface area contributed by atoms with Gasteiger partial charge in [-0.2, -0.15) is 5.10 Å². The van der Waals surface area contributed by atoms with Crippen LogP contribution in [0.25, 0.3) is 0 Å². The first kappa shape index (κ1) is 11.0. The van der Waals surface area contributed by atoms with Crippen molar-refractivity contribution in [3.8, 4) is 0 Å². The van der Waals surface area contributed by atoms with Gasteiger partial charge in [0.05, 0.1) is 0 Å². The molecule has 0 spiro atoms. The summed E-state index contributed by atoms with van der Waals surface area (Å²) >= 11 is 0.